The van der Waals surface area contributed by atoms with Crippen LogP contribution < -0.4 is 0 Å². The van der Waals surface area contributed by atoms with Crippen LogP contribution in [0.15, 0.2) is 106 Å². The lowest BCUT2D eigenvalue weighted by atomic mass is 9.79. The fourth-order valence-electron chi connectivity index (χ4n) is 5.68. The summed E-state index contributed by atoms with van der Waals surface area (Å²) in [4.78, 5) is 21.8. The van der Waals surface area contributed by atoms with Crippen LogP contribution in [-0.4, -0.2) is 21.6 Å². The van der Waals surface area contributed by atoms with Gasteiger partial charge in [-0.25, -0.2) is 9.99 Å². The minimum atomic E-state index is -0.100. The third kappa shape index (κ3) is 4.10. The van der Waals surface area contributed by atoms with Crippen molar-refractivity contribution in [3.05, 3.63) is 117 Å². The number of nitrogens with zero attached hydrogens (tertiary/aromatic N) is 3. The van der Waals surface area contributed by atoms with Crippen molar-refractivity contribution in [3.8, 4) is 11.3 Å². The molecular weight excluding hydrogens is 507 g/mol. The van der Waals surface area contributed by atoms with E-state index in [-0.39, 0.29) is 17.9 Å². The average molecular weight is 532 g/mol. The molecular formula is C32H25N3OS2. The zero-order valence-corrected chi connectivity index (χ0v) is 22.3. The number of benzene rings is 2. The van der Waals surface area contributed by atoms with Crippen LogP contribution in [0.5, 0.6) is 0 Å². The largest absolute Gasteiger partial charge is 0.275 e. The minimum absolute atomic E-state index is 0.0726. The van der Waals surface area contributed by atoms with Crippen molar-refractivity contribution in [2.45, 2.75) is 25.3 Å². The van der Waals surface area contributed by atoms with Crippen molar-refractivity contribution < 1.29 is 4.79 Å². The summed E-state index contributed by atoms with van der Waals surface area (Å²) in [6, 6.07) is 28.2. The molecule has 1 amide bonds. The van der Waals surface area contributed by atoms with Crippen LogP contribution in [0.1, 0.15) is 45.4 Å². The van der Waals surface area contributed by atoms with Gasteiger partial charge in [0.15, 0.2) is 0 Å². The summed E-state index contributed by atoms with van der Waals surface area (Å²) in [5.74, 6) is 0.121. The Labute approximate surface area is 229 Å². The normalized spacial score (nSPS) is 20.1. The molecule has 0 N–H and O–H groups in total. The predicted molar refractivity (Wildman–Crippen MR) is 157 cm³/mol. The number of pyridine rings is 1. The van der Waals surface area contributed by atoms with Gasteiger partial charge in [0.25, 0.3) is 5.91 Å². The number of hydrazone groups is 1. The predicted octanol–water partition coefficient (Wildman–Crippen LogP) is 8.46. The van der Waals surface area contributed by atoms with E-state index in [0.717, 1.165) is 47.1 Å². The van der Waals surface area contributed by atoms with Crippen molar-refractivity contribution in [3.63, 3.8) is 0 Å². The number of carbonyl (C=O) groups is 1. The van der Waals surface area contributed by atoms with E-state index in [0.29, 0.717) is 5.56 Å². The number of carbonyl (C=O) groups excluding carboxylic acids is 1. The highest BCUT2D eigenvalue weighted by Gasteiger charge is 2.44. The SMILES string of the molecule is O=C(c1cc(-c2ccccc2)nc2ccccc12)N1N=C2/C(=C/c3cccs3)CCC[C@H]2[C@H]1c1cccs1. The Morgan fingerprint density at radius 3 is 2.55 bits per heavy atom. The van der Waals surface area contributed by atoms with E-state index in [9.17, 15) is 4.79 Å². The molecule has 1 fully saturated rings. The molecule has 1 saturated carbocycles. The molecule has 2 aromatic carbocycles. The van der Waals surface area contributed by atoms with Gasteiger partial charge in [-0.05, 0) is 65.9 Å². The first-order valence-electron chi connectivity index (χ1n) is 12.9. The zero-order valence-electron chi connectivity index (χ0n) is 20.7. The minimum Gasteiger partial charge on any atom is -0.267 e. The van der Waals surface area contributed by atoms with Crippen LogP contribution in [-0.2, 0) is 0 Å². The van der Waals surface area contributed by atoms with Crippen molar-refractivity contribution in [2.24, 2.45) is 11.0 Å². The Hall–Kier alpha value is -3.87. The lowest BCUT2D eigenvalue weighted by molar-refractivity contribution is 0.0686. The van der Waals surface area contributed by atoms with E-state index in [4.69, 9.17) is 10.1 Å². The Kier molecular flexibility index (Phi) is 5.99. The summed E-state index contributed by atoms with van der Waals surface area (Å²) in [6.07, 6.45) is 5.38. The molecule has 3 aromatic heterocycles. The summed E-state index contributed by atoms with van der Waals surface area (Å²) in [7, 11) is 0. The van der Waals surface area contributed by atoms with Crippen LogP contribution in [0, 0.1) is 5.92 Å². The van der Waals surface area contributed by atoms with Gasteiger partial charge in [-0.2, -0.15) is 5.10 Å². The maximum atomic E-state index is 14.5. The van der Waals surface area contributed by atoms with E-state index in [1.807, 2.05) is 60.7 Å². The second-order valence-electron chi connectivity index (χ2n) is 9.72. The fraction of sp³-hybridized carbons (Fsp3) is 0.156. The summed E-state index contributed by atoms with van der Waals surface area (Å²) in [6.45, 7) is 0. The molecule has 2 aliphatic rings. The van der Waals surface area contributed by atoms with Gasteiger partial charge in [0, 0.05) is 26.6 Å². The van der Waals surface area contributed by atoms with Crippen molar-refractivity contribution in [2.75, 3.05) is 0 Å². The van der Waals surface area contributed by atoms with E-state index < -0.39 is 0 Å². The number of hydrogen-bond donors (Lipinski definition) is 0. The van der Waals surface area contributed by atoms with Crippen LogP contribution >= 0.6 is 22.7 Å². The molecule has 0 bridgehead atoms. The fourth-order valence-corrected chi connectivity index (χ4v) is 7.24. The van der Waals surface area contributed by atoms with Gasteiger partial charge in [-0.15, -0.1) is 22.7 Å². The molecule has 5 aromatic rings. The van der Waals surface area contributed by atoms with E-state index in [1.54, 1.807) is 27.7 Å². The third-order valence-electron chi connectivity index (χ3n) is 7.42. The first-order chi connectivity index (χ1) is 18.8. The van der Waals surface area contributed by atoms with E-state index in [2.05, 4.69) is 41.1 Å². The molecule has 1 aliphatic heterocycles. The second kappa shape index (κ2) is 9.78. The number of thiophene rings is 2. The molecule has 186 valence electrons. The molecule has 1 aliphatic carbocycles. The maximum Gasteiger partial charge on any atom is 0.275 e. The summed E-state index contributed by atoms with van der Waals surface area (Å²) < 4.78 is 0. The lowest BCUT2D eigenvalue weighted by Crippen LogP contribution is -2.31. The van der Waals surface area contributed by atoms with E-state index >= 15 is 0 Å². The molecule has 0 unspecified atom stereocenters. The number of para-hydroxylation sites is 1. The Balaban J connectivity index is 1.37. The van der Waals surface area contributed by atoms with Gasteiger partial charge in [-0.1, -0.05) is 60.7 Å². The van der Waals surface area contributed by atoms with Gasteiger partial charge >= 0.3 is 0 Å². The molecule has 7 rings (SSSR count). The Morgan fingerprint density at radius 2 is 1.74 bits per heavy atom. The summed E-state index contributed by atoms with van der Waals surface area (Å²) in [5.41, 5.74) is 5.56. The molecule has 4 nitrogen and oxygen atoms in total. The quantitative estimate of drug-likeness (QED) is 0.233. The molecule has 2 atom stereocenters. The standard InChI is InChI=1S/C32H25N3OS2/c36-32(26-20-28(21-9-2-1-3-10-21)33-27-15-5-4-13-24(26)27)35-31(29-16-8-18-38-29)25-14-6-11-22(30(25)34-35)19-23-12-7-17-37-23/h1-5,7-10,12-13,15-20,25,31H,6,11,14H2/b22-19+/t25-,31+/m1/s1. The van der Waals surface area contributed by atoms with Crippen molar-refractivity contribution in [1.29, 1.82) is 0 Å². The third-order valence-corrected chi connectivity index (χ3v) is 9.18. The van der Waals surface area contributed by atoms with Crippen LogP contribution in [0.2, 0.25) is 0 Å². The maximum absolute atomic E-state index is 14.5. The van der Waals surface area contributed by atoms with E-state index in [1.165, 1.54) is 15.3 Å². The highest BCUT2D eigenvalue weighted by Crippen LogP contribution is 2.46. The molecule has 6 heteroatoms. The number of aromatic nitrogens is 1. The first kappa shape index (κ1) is 23.3. The van der Waals surface area contributed by atoms with Gasteiger partial charge in [-0.3, -0.25) is 4.79 Å². The number of rotatable bonds is 4. The molecule has 0 saturated heterocycles. The van der Waals surface area contributed by atoms with Crippen LogP contribution in [0.4, 0.5) is 0 Å². The van der Waals surface area contributed by atoms with Crippen molar-refractivity contribution in [1.82, 2.24) is 9.99 Å². The zero-order chi connectivity index (χ0) is 25.5. The number of fused-ring (bicyclic) bond motifs is 2. The molecule has 38 heavy (non-hydrogen) atoms. The van der Waals surface area contributed by atoms with Gasteiger partial charge in [0.2, 0.25) is 0 Å². The van der Waals surface area contributed by atoms with Gasteiger partial charge in [0.05, 0.1) is 28.5 Å². The van der Waals surface area contributed by atoms with Gasteiger partial charge in [0.1, 0.15) is 0 Å². The monoisotopic (exact) mass is 531 g/mol. The number of allylic oxidation sites excluding steroid dienone is 1. The first-order valence-corrected chi connectivity index (χ1v) is 14.7. The van der Waals surface area contributed by atoms with Crippen LogP contribution in [0.3, 0.4) is 0 Å². The highest BCUT2D eigenvalue weighted by atomic mass is 32.1. The number of amides is 1. The molecule has 0 radical (unpaired) electrons. The highest BCUT2D eigenvalue weighted by molar-refractivity contribution is 7.11. The van der Waals surface area contributed by atoms with Crippen LogP contribution in [0.25, 0.3) is 28.2 Å². The summed E-state index contributed by atoms with van der Waals surface area (Å²) in [5, 5.41) is 11.9. The average Bonchev–Trinajstić information content (AvgIpc) is 3.74. The topological polar surface area (TPSA) is 45.6 Å². The lowest BCUT2D eigenvalue weighted by Gasteiger charge is -2.28. The molecule has 0 spiro atoms. The number of hydrogen-bond acceptors (Lipinski definition) is 5. The van der Waals surface area contributed by atoms with Gasteiger partial charge < -0.3 is 0 Å². The smallest absolute Gasteiger partial charge is 0.267 e. The van der Waals surface area contributed by atoms with Crippen molar-refractivity contribution >= 4 is 51.3 Å². The Morgan fingerprint density at radius 1 is 0.921 bits per heavy atom. The summed E-state index contributed by atoms with van der Waals surface area (Å²) >= 11 is 3.44. The second-order valence-corrected chi connectivity index (χ2v) is 11.7. The Bertz CT molecular complexity index is 1670. The molecule has 4 heterocycles.